The van der Waals surface area contributed by atoms with Gasteiger partial charge in [-0.3, -0.25) is 0 Å². The summed E-state index contributed by atoms with van der Waals surface area (Å²) in [5.41, 5.74) is 6.20. The first-order chi connectivity index (χ1) is 8.60. The van der Waals surface area contributed by atoms with Crippen molar-refractivity contribution >= 4 is 23.1 Å². The molecule has 0 saturated heterocycles. The molecule has 2 N–H and O–H groups in total. The average molecular weight is 274 g/mol. The number of rotatable bonds is 7. The van der Waals surface area contributed by atoms with Gasteiger partial charge in [0.25, 0.3) is 0 Å². The van der Waals surface area contributed by atoms with E-state index in [4.69, 9.17) is 26.8 Å². The average Bonchev–Trinajstić information content (AvgIpc) is 2.32. The fourth-order valence-corrected chi connectivity index (χ4v) is 2.00. The first-order valence-electron chi connectivity index (χ1n) is 5.75. The van der Waals surface area contributed by atoms with Gasteiger partial charge in [-0.05, 0) is 13.0 Å². The highest BCUT2D eigenvalue weighted by Gasteiger charge is 2.18. The van der Waals surface area contributed by atoms with Gasteiger partial charge >= 0.3 is 0 Å². The lowest BCUT2D eigenvalue weighted by Gasteiger charge is -2.30. The molecule has 1 atom stereocenters. The van der Waals surface area contributed by atoms with Crippen LogP contribution in [0.5, 0.6) is 0 Å². The summed E-state index contributed by atoms with van der Waals surface area (Å²) >= 11 is 6.18. The number of ether oxygens (including phenoxy) is 2. The summed E-state index contributed by atoms with van der Waals surface area (Å²) in [5.74, 6) is 0.701. The van der Waals surface area contributed by atoms with Crippen LogP contribution in [0.15, 0.2) is 12.3 Å². The lowest BCUT2D eigenvalue weighted by atomic mass is 10.2. The van der Waals surface area contributed by atoms with E-state index in [0.717, 1.165) is 0 Å². The van der Waals surface area contributed by atoms with Crippen LogP contribution in [0.1, 0.15) is 6.92 Å². The van der Waals surface area contributed by atoms with Gasteiger partial charge in [0.05, 0.1) is 36.2 Å². The number of methoxy groups -OCH3 is 2. The Morgan fingerprint density at radius 2 is 2.17 bits per heavy atom. The minimum atomic E-state index is 0.152. The second-order valence-corrected chi connectivity index (χ2v) is 4.47. The van der Waals surface area contributed by atoms with E-state index in [9.17, 15) is 0 Å². The maximum atomic E-state index is 6.18. The molecule has 1 rings (SSSR count). The monoisotopic (exact) mass is 273 g/mol. The summed E-state index contributed by atoms with van der Waals surface area (Å²) < 4.78 is 10.3. The number of nitrogens with two attached hydrogens (primary N) is 1. The highest BCUT2D eigenvalue weighted by molar-refractivity contribution is 6.33. The molecule has 6 heteroatoms. The molecule has 0 spiro atoms. The predicted octanol–water partition coefficient (Wildman–Crippen LogP) is 1.80. The third-order valence-electron chi connectivity index (χ3n) is 2.59. The number of aromatic nitrogens is 1. The maximum Gasteiger partial charge on any atom is 0.147 e. The van der Waals surface area contributed by atoms with E-state index >= 15 is 0 Å². The molecule has 0 radical (unpaired) electrons. The fourth-order valence-electron chi connectivity index (χ4n) is 1.71. The summed E-state index contributed by atoms with van der Waals surface area (Å²) in [6.07, 6.45) is 1.60. The van der Waals surface area contributed by atoms with Crippen LogP contribution in [0.4, 0.5) is 11.5 Å². The third-order valence-corrected chi connectivity index (χ3v) is 2.87. The summed E-state index contributed by atoms with van der Waals surface area (Å²) in [4.78, 5) is 6.34. The summed E-state index contributed by atoms with van der Waals surface area (Å²) in [6.45, 7) is 3.92. The molecule has 0 aliphatic carbocycles. The van der Waals surface area contributed by atoms with Crippen LogP contribution in [0.3, 0.4) is 0 Å². The Labute approximate surface area is 113 Å². The lowest BCUT2D eigenvalue weighted by Crippen LogP contribution is -2.39. The van der Waals surface area contributed by atoms with Crippen LogP contribution in [0, 0.1) is 0 Å². The largest absolute Gasteiger partial charge is 0.397 e. The molecule has 0 bridgehead atoms. The third kappa shape index (κ3) is 4.01. The molecule has 102 valence electrons. The molecular formula is C12H20ClN3O2. The summed E-state index contributed by atoms with van der Waals surface area (Å²) in [6, 6.07) is 1.85. The van der Waals surface area contributed by atoms with Crippen LogP contribution in [0.2, 0.25) is 5.02 Å². The van der Waals surface area contributed by atoms with Crippen molar-refractivity contribution < 1.29 is 9.47 Å². The number of pyridine rings is 1. The molecule has 0 amide bonds. The van der Waals surface area contributed by atoms with Crippen LogP contribution < -0.4 is 10.6 Å². The smallest absolute Gasteiger partial charge is 0.147 e. The maximum absolute atomic E-state index is 6.18. The Hall–Kier alpha value is -1.04. The Balaban J connectivity index is 2.93. The van der Waals surface area contributed by atoms with Gasteiger partial charge in [-0.2, -0.15) is 0 Å². The number of halogens is 1. The molecular weight excluding hydrogens is 254 g/mol. The van der Waals surface area contributed by atoms with E-state index in [1.165, 1.54) is 0 Å². The Kier molecular flexibility index (Phi) is 6.18. The van der Waals surface area contributed by atoms with Gasteiger partial charge in [0.15, 0.2) is 0 Å². The van der Waals surface area contributed by atoms with E-state index in [-0.39, 0.29) is 6.04 Å². The van der Waals surface area contributed by atoms with Crippen molar-refractivity contribution in [2.45, 2.75) is 13.0 Å². The zero-order valence-corrected chi connectivity index (χ0v) is 11.8. The number of hydrogen-bond donors (Lipinski definition) is 1. The lowest BCUT2D eigenvalue weighted by molar-refractivity contribution is 0.170. The van der Waals surface area contributed by atoms with Crippen LogP contribution in [0.25, 0.3) is 0 Å². The quantitative estimate of drug-likeness (QED) is 0.821. The van der Waals surface area contributed by atoms with E-state index in [2.05, 4.69) is 9.88 Å². The summed E-state index contributed by atoms with van der Waals surface area (Å²) in [7, 11) is 3.33. The van der Waals surface area contributed by atoms with Crippen molar-refractivity contribution in [1.29, 1.82) is 0 Å². The predicted molar refractivity (Wildman–Crippen MR) is 74.2 cm³/mol. The second kappa shape index (κ2) is 7.41. The van der Waals surface area contributed by atoms with E-state index in [0.29, 0.717) is 36.3 Å². The van der Waals surface area contributed by atoms with Gasteiger partial charge in [-0.15, -0.1) is 0 Å². The minimum Gasteiger partial charge on any atom is -0.397 e. The zero-order chi connectivity index (χ0) is 13.5. The number of nitrogen functional groups attached to an aromatic ring is 1. The van der Waals surface area contributed by atoms with E-state index < -0.39 is 0 Å². The molecule has 0 aliphatic heterocycles. The summed E-state index contributed by atoms with van der Waals surface area (Å²) in [5, 5.41) is 0.536. The minimum absolute atomic E-state index is 0.152. The standard InChI is InChI=1S/C12H20ClN3O2/c1-9(8-18-3)16(4-5-17-2)12-11(13)6-10(14)7-15-12/h6-7,9H,4-5,8,14H2,1-3H3. The molecule has 1 aromatic rings. The van der Waals surface area contributed by atoms with Crippen LogP contribution in [-0.4, -0.2) is 45.0 Å². The van der Waals surface area contributed by atoms with Gasteiger partial charge in [0.2, 0.25) is 0 Å². The molecule has 18 heavy (non-hydrogen) atoms. The molecule has 1 unspecified atom stereocenters. The Morgan fingerprint density at radius 1 is 1.44 bits per heavy atom. The Morgan fingerprint density at radius 3 is 2.72 bits per heavy atom. The first kappa shape index (κ1) is 15.0. The molecule has 1 aromatic heterocycles. The van der Waals surface area contributed by atoms with Crippen LogP contribution in [-0.2, 0) is 9.47 Å². The van der Waals surface area contributed by atoms with Crippen molar-refractivity contribution in [2.24, 2.45) is 0 Å². The molecule has 5 nitrogen and oxygen atoms in total. The second-order valence-electron chi connectivity index (χ2n) is 4.06. The molecule has 0 aliphatic rings. The van der Waals surface area contributed by atoms with Gasteiger partial charge < -0.3 is 20.1 Å². The highest BCUT2D eigenvalue weighted by Crippen LogP contribution is 2.26. The normalized spacial score (nSPS) is 12.4. The first-order valence-corrected chi connectivity index (χ1v) is 6.13. The topological polar surface area (TPSA) is 60.6 Å². The number of anilines is 2. The molecule has 0 fully saturated rings. The molecule has 0 saturated carbocycles. The van der Waals surface area contributed by atoms with Crippen molar-refractivity contribution in [1.82, 2.24) is 4.98 Å². The molecule has 0 aromatic carbocycles. The van der Waals surface area contributed by atoms with Gasteiger partial charge in [-0.25, -0.2) is 4.98 Å². The SMILES string of the molecule is COCCN(c1ncc(N)cc1Cl)C(C)COC. The van der Waals surface area contributed by atoms with Gasteiger partial charge in [-0.1, -0.05) is 11.6 Å². The zero-order valence-electron chi connectivity index (χ0n) is 11.0. The van der Waals surface area contributed by atoms with Gasteiger partial charge in [0, 0.05) is 20.8 Å². The highest BCUT2D eigenvalue weighted by atomic mass is 35.5. The molecule has 1 heterocycles. The van der Waals surface area contributed by atoms with Crippen molar-refractivity contribution in [3.8, 4) is 0 Å². The van der Waals surface area contributed by atoms with Gasteiger partial charge in [0.1, 0.15) is 5.82 Å². The van der Waals surface area contributed by atoms with Crippen molar-refractivity contribution in [3.05, 3.63) is 17.3 Å². The van der Waals surface area contributed by atoms with E-state index in [1.807, 2.05) is 6.92 Å². The fraction of sp³-hybridized carbons (Fsp3) is 0.583. The van der Waals surface area contributed by atoms with Crippen molar-refractivity contribution in [3.63, 3.8) is 0 Å². The Bertz CT molecular complexity index is 376. The number of hydrogen-bond acceptors (Lipinski definition) is 5. The van der Waals surface area contributed by atoms with Crippen LogP contribution >= 0.6 is 11.6 Å². The van der Waals surface area contributed by atoms with E-state index in [1.54, 1.807) is 26.5 Å². The number of nitrogens with zero attached hydrogens (tertiary/aromatic N) is 2. The van der Waals surface area contributed by atoms with Crippen molar-refractivity contribution in [2.75, 3.05) is 44.6 Å².